The molecule has 3 heterocycles. The van der Waals surface area contributed by atoms with E-state index >= 15 is 0 Å². The molecule has 1 amide bonds. The molecule has 0 aliphatic carbocycles. The van der Waals surface area contributed by atoms with Gasteiger partial charge in [-0.05, 0) is 6.42 Å². The number of amides is 1. The van der Waals surface area contributed by atoms with Crippen molar-refractivity contribution in [2.45, 2.75) is 31.0 Å². The molecule has 1 N–H and O–H groups in total. The van der Waals surface area contributed by atoms with E-state index in [4.69, 9.17) is 4.74 Å². The largest absolute Gasteiger partial charge is 0.464 e. The summed E-state index contributed by atoms with van der Waals surface area (Å²) in [5, 5.41) is 3.36. The van der Waals surface area contributed by atoms with Crippen LogP contribution in [0.2, 0.25) is 0 Å². The molecule has 2 saturated heterocycles. The third-order valence-corrected chi connectivity index (χ3v) is 4.79. The number of hydrogen-bond acceptors (Lipinski definition) is 8. The number of anilines is 1. The van der Waals surface area contributed by atoms with E-state index in [1.54, 1.807) is 25.2 Å². The summed E-state index contributed by atoms with van der Waals surface area (Å²) < 4.78 is 10.5. The van der Waals surface area contributed by atoms with Crippen molar-refractivity contribution >= 4 is 17.7 Å². The molecule has 2 aliphatic rings. The van der Waals surface area contributed by atoms with E-state index in [-0.39, 0.29) is 23.7 Å². The number of nitrogens with one attached hydrogen (secondary N) is 1. The van der Waals surface area contributed by atoms with Crippen LogP contribution < -0.4 is 5.32 Å². The number of carbonyl (C=O) groups is 2. The molecule has 0 aromatic carbocycles. The average molecular weight is 363 g/mol. The first-order chi connectivity index (χ1) is 12.5. The zero-order valence-corrected chi connectivity index (χ0v) is 15.3. The van der Waals surface area contributed by atoms with Gasteiger partial charge in [0, 0.05) is 39.3 Å². The highest BCUT2D eigenvalue weighted by Gasteiger charge is 2.38. The SMILES string of the molecule is COC(=O)c1cnc(N[C@@H]2C[C@H]3CO[C@@H](CC(=O)N(C)C)CN3C2)cn1. The molecule has 2 aliphatic heterocycles. The van der Waals surface area contributed by atoms with Crippen molar-refractivity contribution < 1.29 is 19.1 Å². The van der Waals surface area contributed by atoms with Crippen molar-refractivity contribution in [3.63, 3.8) is 0 Å². The molecule has 0 unspecified atom stereocenters. The van der Waals surface area contributed by atoms with Crippen molar-refractivity contribution in [3.05, 3.63) is 18.1 Å². The van der Waals surface area contributed by atoms with E-state index in [2.05, 4.69) is 24.9 Å². The van der Waals surface area contributed by atoms with Gasteiger partial charge < -0.3 is 19.7 Å². The maximum atomic E-state index is 11.9. The third-order valence-electron chi connectivity index (χ3n) is 4.79. The van der Waals surface area contributed by atoms with Gasteiger partial charge >= 0.3 is 5.97 Å². The van der Waals surface area contributed by atoms with Crippen molar-refractivity contribution in [1.29, 1.82) is 0 Å². The molecule has 26 heavy (non-hydrogen) atoms. The van der Waals surface area contributed by atoms with Crippen molar-refractivity contribution in [1.82, 2.24) is 19.8 Å². The highest BCUT2D eigenvalue weighted by atomic mass is 16.5. The number of hydrogen-bond donors (Lipinski definition) is 1. The lowest BCUT2D eigenvalue weighted by Crippen LogP contribution is -2.47. The van der Waals surface area contributed by atoms with Gasteiger partial charge in [-0.3, -0.25) is 9.69 Å². The maximum Gasteiger partial charge on any atom is 0.358 e. The van der Waals surface area contributed by atoms with E-state index in [9.17, 15) is 9.59 Å². The number of ether oxygens (including phenoxy) is 2. The second-order valence-electron chi connectivity index (χ2n) is 6.91. The monoisotopic (exact) mass is 363 g/mol. The van der Waals surface area contributed by atoms with Crippen LogP contribution in [0.4, 0.5) is 5.82 Å². The van der Waals surface area contributed by atoms with Gasteiger partial charge in [0.15, 0.2) is 5.69 Å². The van der Waals surface area contributed by atoms with Crippen LogP contribution in [0, 0.1) is 0 Å². The second kappa shape index (κ2) is 7.96. The minimum Gasteiger partial charge on any atom is -0.464 e. The van der Waals surface area contributed by atoms with Crippen LogP contribution in [0.3, 0.4) is 0 Å². The van der Waals surface area contributed by atoms with E-state index in [0.717, 1.165) is 19.5 Å². The van der Waals surface area contributed by atoms with Gasteiger partial charge in [-0.2, -0.15) is 0 Å². The van der Waals surface area contributed by atoms with Crippen LogP contribution in [-0.4, -0.2) is 90.7 Å². The summed E-state index contributed by atoms with van der Waals surface area (Å²) in [5.74, 6) is 0.212. The molecule has 0 bridgehead atoms. The molecule has 3 rings (SSSR count). The maximum absolute atomic E-state index is 11.9. The Morgan fingerprint density at radius 3 is 2.81 bits per heavy atom. The molecule has 1 aromatic heterocycles. The molecule has 0 radical (unpaired) electrons. The Morgan fingerprint density at radius 1 is 1.35 bits per heavy atom. The number of nitrogens with zero attached hydrogens (tertiary/aromatic N) is 4. The Bertz CT molecular complexity index is 651. The lowest BCUT2D eigenvalue weighted by Gasteiger charge is -2.35. The zero-order chi connectivity index (χ0) is 18.7. The van der Waals surface area contributed by atoms with Gasteiger partial charge in [0.1, 0.15) is 5.82 Å². The van der Waals surface area contributed by atoms with Crippen molar-refractivity contribution in [2.75, 3.05) is 46.2 Å². The summed E-state index contributed by atoms with van der Waals surface area (Å²) in [5.41, 5.74) is 0.184. The summed E-state index contributed by atoms with van der Waals surface area (Å²) in [6.07, 6.45) is 4.24. The molecule has 3 atom stereocenters. The molecular weight excluding hydrogens is 338 g/mol. The van der Waals surface area contributed by atoms with Crippen LogP contribution in [0.25, 0.3) is 0 Å². The first-order valence-electron chi connectivity index (χ1n) is 8.69. The molecule has 2 fully saturated rings. The highest BCUT2D eigenvalue weighted by molar-refractivity contribution is 5.86. The van der Waals surface area contributed by atoms with Crippen LogP contribution >= 0.6 is 0 Å². The van der Waals surface area contributed by atoms with Crippen LogP contribution in [0.1, 0.15) is 23.3 Å². The number of morpholine rings is 1. The number of esters is 1. The number of fused-ring (bicyclic) bond motifs is 1. The fourth-order valence-electron chi connectivity index (χ4n) is 3.37. The second-order valence-corrected chi connectivity index (χ2v) is 6.91. The average Bonchev–Trinajstić information content (AvgIpc) is 3.03. The zero-order valence-electron chi connectivity index (χ0n) is 15.3. The molecule has 0 saturated carbocycles. The van der Waals surface area contributed by atoms with Gasteiger partial charge in [-0.25, -0.2) is 14.8 Å². The fraction of sp³-hybridized carbons (Fsp3) is 0.647. The summed E-state index contributed by atoms with van der Waals surface area (Å²) in [4.78, 5) is 35.5. The Morgan fingerprint density at radius 2 is 2.15 bits per heavy atom. The summed E-state index contributed by atoms with van der Waals surface area (Å²) in [6.45, 7) is 2.26. The topological polar surface area (TPSA) is 96.9 Å². The van der Waals surface area contributed by atoms with Crippen LogP contribution in [0.15, 0.2) is 12.4 Å². The molecule has 9 heteroatoms. The van der Waals surface area contributed by atoms with E-state index in [0.29, 0.717) is 24.9 Å². The lowest BCUT2D eigenvalue weighted by molar-refractivity contribution is -0.134. The lowest BCUT2D eigenvalue weighted by atomic mass is 10.1. The molecule has 142 valence electrons. The van der Waals surface area contributed by atoms with E-state index in [1.165, 1.54) is 13.3 Å². The Hall–Kier alpha value is -2.26. The standard InChI is InChI=1S/C17H25N5O4/c1-21(2)16(23)5-13-9-22-8-11(4-12(22)10-26-13)20-15-7-18-14(6-19-15)17(24)25-3/h6-7,11-13H,4-5,8-10H2,1-3H3,(H,19,20)/t11-,12+,13+/m1/s1. The molecular formula is C17H25N5O4. The van der Waals surface area contributed by atoms with Gasteiger partial charge in [0.05, 0.1) is 38.6 Å². The quantitative estimate of drug-likeness (QED) is 0.730. The predicted octanol–water partition coefficient (Wildman–Crippen LogP) is -0.00490. The summed E-state index contributed by atoms with van der Waals surface area (Å²) in [7, 11) is 4.83. The van der Waals surface area contributed by atoms with Crippen LogP contribution in [-0.2, 0) is 14.3 Å². The molecule has 0 spiro atoms. The predicted molar refractivity (Wildman–Crippen MR) is 93.8 cm³/mol. The number of carbonyl (C=O) groups excluding carboxylic acids is 2. The Labute approximate surface area is 152 Å². The first-order valence-corrected chi connectivity index (χ1v) is 8.69. The van der Waals surface area contributed by atoms with Gasteiger partial charge in [0.2, 0.25) is 5.91 Å². The molecule has 9 nitrogen and oxygen atoms in total. The number of rotatable bonds is 5. The minimum absolute atomic E-state index is 0.0565. The highest BCUT2D eigenvalue weighted by Crippen LogP contribution is 2.26. The van der Waals surface area contributed by atoms with Gasteiger partial charge in [-0.1, -0.05) is 0 Å². The third kappa shape index (κ3) is 4.28. The Balaban J connectivity index is 1.52. The minimum atomic E-state index is -0.502. The fourth-order valence-corrected chi connectivity index (χ4v) is 3.37. The normalized spacial score (nSPS) is 25.4. The number of aromatic nitrogens is 2. The first kappa shape index (κ1) is 18.5. The summed E-state index contributed by atoms with van der Waals surface area (Å²) >= 11 is 0. The van der Waals surface area contributed by atoms with E-state index < -0.39 is 5.97 Å². The smallest absolute Gasteiger partial charge is 0.358 e. The van der Waals surface area contributed by atoms with Gasteiger partial charge in [0.25, 0.3) is 0 Å². The molecule has 1 aromatic rings. The van der Waals surface area contributed by atoms with Crippen molar-refractivity contribution in [2.24, 2.45) is 0 Å². The van der Waals surface area contributed by atoms with Crippen molar-refractivity contribution in [3.8, 4) is 0 Å². The van der Waals surface area contributed by atoms with Gasteiger partial charge in [-0.15, -0.1) is 0 Å². The van der Waals surface area contributed by atoms with Crippen LogP contribution in [0.5, 0.6) is 0 Å². The Kier molecular flexibility index (Phi) is 5.67. The van der Waals surface area contributed by atoms with E-state index in [1.807, 2.05) is 0 Å². The number of methoxy groups -OCH3 is 1. The summed E-state index contributed by atoms with van der Waals surface area (Å²) in [6, 6.07) is 0.575.